The number of hydrogen-bond donors (Lipinski definition) is 1. The standard InChI is InChI=1S/C27H28N4O4S2/c1-4-5-15-35-20-13-11-19(12-14-20)24-29-30-27(31(24)2)37-17-22(32)28-25-23(26(33)34-3)21(16-36-25)18-9-7-6-8-10-18/h6-14,16H,4-5,15,17H2,1-3H3,(H,28,32). The lowest BCUT2D eigenvalue weighted by Crippen LogP contribution is -2.16. The molecule has 0 unspecified atom stereocenters. The quantitative estimate of drug-likeness (QED) is 0.145. The Kier molecular flexibility index (Phi) is 8.97. The third kappa shape index (κ3) is 6.39. The van der Waals surface area contributed by atoms with Crippen molar-refractivity contribution >= 4 is 40.0 Å². The van der Waals surface area contributed by atoms with Crippen molar-refractivity contribution in [3.05, 3.63) is 65.5 Å². The number of thiophene rings is 1. The fourth-order valence-corrected chi connectivity index (χ4v) is 5.29. The Bertz CT molecular complexity index is 1350. The first-order valence-electron chi connectivity index (χ1n) is 11.8. The molecule has 0 spiro atoms. The average Bonchev–Trinajstić information content (AvgIpc) is 3.51. The Morgan fingerprint density at radius 2 is 1.81 bits per heavy atom. The number of nitrogens with zero attached hydrogens (tertiary/aromatic N) is 3. The van der Waals surface area contributed by atoms with Crippen molar-refractivity contribution in [3.63, 3.8) is 0 Å². The van der Waals surface area contributed by atoms with E-state index >= 15 is 0 Å². The van der Waals surface area contributed by atoms with E-state index in [-0.39, 0.29) is 11.7 Å². The summed E-state index contributed by atoms with van der Waals surface area (Å²) < 4.78 is 12.6. The summed E-state index contributed by atoms with van der Waals surface area (Å²) in [5.74, 6) is 0.871. The number of rotatable bonds is 11. The number of carbonyl (C=O) groups is 2. The average molecular weight is 537 g/mol. The summed E-state index contributed by atoms with van der Waals surface area (Å²) in [5.41, 5.74) is 2.85. The maximum absolute atomic E-state index is 12.8. The second-order valence-electron chi connectivity index (χ2n) is 8.14. The maximum Gasteiger partial charge on any atom is 0.341 e. The minimum atomic E-state index is -0.497. The summed E-state index contributed by atoms with van der Waals surface area (Å²) in [7, 11) is 3.19. The third-order valence-electron chi connectivity index (χ3n) is 5.56. The molecule has 0 bridgehead atoms. The van der Waals surface area contributed by atoms with Crippen LogP contribution in [0.2, 0.25) is 0 Å². The van der Waals surface area contributed by atoms with E-state index < -0.39 is 5.97 Å². The van der Waals surface area contributed by atoms with Gasteiger partial charge in [0.15, 0.2) is 11.0 Å². The van der Waals surface area contributed by atoms with Crippen LogP contribution in [0.25, 0.3) is 22.5 Å². The molecule has 4 aromatic rings. The highest BCUT2D eigenvalue weighted by Gasteiger charge is 2.22. The lowest BCUT2D eigenvalue weighted by molar-refractivity contribution is -0.113. The molecule has 2 heterocycles. The fourth-order valence-electron chi connectivity index (χ4n) is 3.60. The fraction of sp³-hybridized carbons (Fsp3) is 0.259. The molecule has 1 amide bonds. The Morgan fingerprint density at radius 3 is 2.51 bits per heavy atom. The number of thioether (sulfide) groups is 1. The van der Waals surface area contributed by atoms with Gasteiger partial charge in [-0.25, -0.2) is 4.79 Å². The highest BCUT2D eigenvalue weighted by molar-refractivity contribution is 7.99. The van der Waals surface area contributed by atoms with Crippen LogP contribution in [0, 0.1) is 0 Å². The lowest BCUT2D eigenvalue weighted by atomic mass is 10.0. The molecule has 0 saturated heterocycles. The molecule has 37 heavy (non-hydrogen) atoms. The molecule has 2 aromatic carbocycles. The molecule has 1 N–H and O–H groups in total. The van der Waals surface area contributed by atoms with E-state index in [1.807, 2.05) is 71.6 Å². The second-order valence-corrected chi connectivity index (χ2v) is 9.96. The third-order valence-corrected chi connectivity index (χ3v) is 7.48. The van der Waals surface area contributed by atoms with E-state index in [1.54, 1.807) is 0 Å². The molecule has 10 heteroatoms. The van der Waals surface area contributed by atoms with E-state index in [4.69, 9.17) is 9.47 Å². The Hall–Kier alpha value is -3.63. The van der Waals surface area contributed by atoms with Crippen LogP contribution in [0.3, 0.4) is 0 Å². The molecule has 0 aliphatic rings. The van der Waals surface area contributed by atoms with Crippen molar-refractivity contribution in [3.8, 4) is 28.3 Å². The normalized spacial score (nSPS) is 10.8. The molecule has 0 atom stereocenters. The van der Waals surface area contributed by atoms with Crippen LogP contribution in [-0.4, -0.2) is 46.1 Å². The van der Waals surface area contributed by atoms with Gasteiger partial charge in [-0.2, -0.15) is 0 Å². The number of unbranched alkanes of at least 4 members (excludes halogenated alkanes) is 1. The van der Waals surface area contributed by atoms with Crippen LogP contribution >= 0.6 is 23.1 Å². The van der Waals surface area contributed by atoms with E-state index in [2.05, 4.69) is 22.4 Å². The van der Waals surface area contributed by atoms with Gasteiger partial charge < -0.3 is 19.4 Å². The molecule has 0 fully saturated rings. The summed E-state index contributed by atoms with van der Waals surface area (Å²) in [6, 6.07) is 17.3. The topological polar surface area (TPSA) is 95.3 Å². The van der Waals surface area contributed by atoms with Crippen LogP contribution in [0.15, 0.2) is 65.1 Å². The molecule has 0 saturated carbocycles. The summed E-state index contributed by atoms with van der Waals surface area (Å²) in [6.45, 7) is 2.83. The number of benzene rings is 2. The monoisotopic (exact) mass is 536 g/mol. The Morgan fingerprint density at radius 1 is 1.05 bits per heavy atom. The number of carbonyl (C=O) groups excluding carboxylic acids is 2. The van der Waals surface area contributed by atoms with Crippen LogP contribution < -0.4 is 10.1 Å². The van der Waals surface area contributed by atoms with Gasteiger partial charge in [-0.15, -0.1) is 21.5 Å². The number of amides is 1. The van der Waals surface area contributed by atoms with E-state index in [9.17, 15) is 9.59 Å². The lowest BCUT2D eigenvalue weighted by Gasteiger charge is -2.08. The molecular weight excluding hydrogens is 508 g/mol. The number of nitrogens with one attached hydrogen (secondary N) is 1. The smallest absolute Gasteiger partial charge is 0.341 e. The SMILES string of the molecule is CCCCOc1ccc(-c2nnc(SCC(=O)Nc3scc(-c4ccccc4)c3C(=O)OC)n2C)cc1. The molecule has 2 aromatic heterocycles. The largest absolute Gasteiger partial charge is 0.494 e. The highest BCUT2D eigenvalue weighted by atomic mass is 32.2. The van der Waals surface area contributed by atoms with Gasteiger partial charge in [0.25, 0.3) is 0 Å². The zero-order valence-corrected chi connectivity index (χ0v) is 22.5. The number of ether oxygens (including phenoxy) is 2. The van der Waals surface area contributed by atoms with Gasteiger partial charge in [-0.3, -0.25) is 4.79 Å². The van der Waals surface area contributed by atoms with Gasteiger partial charge >= 0.3 is 5.97 Å². The first-order chi connectivity index (χ1) is 18.0. The number of aromatic nitrogens is 3. The molecule has 192 valence electrons. The van der Waals surface area contributed by atoms with E-state index in [0.29, 0.717) is 28.2 Å². The van der Waals surface area contributed by atoms with Gasteiger partial charge in [-0.05, 0) is 36.2 Å². The van der Waals surface area contributed by atoms with Gasteiger partial charge in [-0.1, -0.05) is 55.4 Å². The number of hydrogen-bond acceptors (Lipinski definition) is 8. The summed E-state index contributed by atoms with van der Waals surface area (Å²) in [5, 5.41) is 14.3. The maximum atomic E-state index is 12.8. The zero-order chi connectivity index (χ0) is 26.2. The van der Waals surface area contributed by atoms with Crippen LogP contribution in [0.4, 0.5) is 5.00 Å². The first-order valence-corrected chi connectivity index (χ1v) is 13.7. The minimum absolute atomic E-state index is 0.107. The number of esters is 1. The van der Waals surface area contributed by atoms with Crippen molar-refractivity contribution in [2.75, 3.05) is 24.8 Å². The summed E-state index contributed by atoms with van der Waals surface area (Å²) in [4.78, 5) is 25.3. The summed E-state index contributed by atoms with van der Waals surface area (Å²) >= 11 is 2.56. The summed E-state index contributed by atoms with van der Waals surface area (Å²) in [6.07, 6.45) is 2.11. The molecule has 8 nitrogen and oxygen atoms in total. The first kappa shape index (κ1) is 26.4. The van der Waals surface area contributed by atoms with Crippen molar-refractivity contribution in [1.29, 1.82) is 0 Å². The van der Waals surface area contributed by atoms with Crippen LogP contribution in [0.1, 0.15) is 30.1 Å². The minimum Gasteiger partial charge on any atom is -0.494 e. The molecule has 0 aliphatic heterocycles. The predicted octanol–water partition coefficient (Wildman–Crippen LogP) is 5.91. The van der Waals surface area contributed by atoms with Crippen molar-refractivity contribution < 1.29 is 19.1 Å². The Balaban J connectivity index is 1.41. The van der Waals surface area contributed by atoms with E-state index in [1.165, 1.54) is 30.2 Å². The zero-order valence-electron chi connectivity index (χ0n) is 20.9. The molecule has 0 aliphatic carbocycles. The van der Waals surface area contributed by atoms with Crippen molar-refractivity contribution in [2.24, 2.45) is 7.05 Å². The molecule has 0 radical (unpaired) electrons. The van der Waals surface area contributed by atoms with Crippen molar-refractivity contribution in [2.45, 2.75) is 24.9 Å². The molecular formula is C27H28N4O4S2. The predicted molar refractivity (Wildman–Crippen MR) is 147 cm³/mol. The molecule has 4 rings (SSSR count). The number of anilines is 1. The second kappa shape index (κ2) is 12.6. The Labute approximate surface area is 224 Å². The highest BCUT2D eigenvalue weighted by Crippen LogP contribution is 2.36. The van der Waals surface area contributed by atoms with Gasteiger partial charge in [0.05, 0.1) is 19.5 Å². The van der Waals surface area contributed by atoms with Gasteiger partial charge in [0, 0.05) is 23.6 Å². The van der Waals surface area contributed by atoms with E-state index in [0.717, 1.165) is 35.3 Å². The van der Waals surface area contributed by atoms with Crippen LogP contribution in [0.5, 0.6) is 5.75 Å². The van der Waals surface area contributed by atoms with Gasteiger partial charge in [0.2, 0.25) is 5.91 Å². The van der Waals surface area contributed by atoms with Crippen LogP contribution in [-0.2, 0) is 16.6 Å². The van der Waals surface area contributed by atoms with Gasteiger partial charge in [0.1, 0.15) is 16.3 Å². The van der Waals surface area contributed by atoms with Crippen molar-refractivity contribution in [1.82, 2.24) is 14.8 Å². The number of methoxy groups -OCH3 is 1.